The second-order valence-corrected chi connectivity index (χ2v) is 1.85. The van der Waals surface area contributed by atoms with Gasteiger partial charge in [0.15, 0.2) is 0 Å². The van der Waals surface area contributed by atoms with E-state index >= 15 is 0 Å². The lowest BCUT2D eigenvalue weighted by atomic mass is 10.1. The maximum atomic E-state index is 12.0. The minimum atomic E-state index is -4.30. The van der Waals surface area contributed by atoms with E-state index in [-0.39, 0.29) is 0 Å². The van der Waals surface area contributed by atoms with E-state index in [0.717, 1.165) is 0 Å². The SMILES string of the molecule is FCCC(F)(F)C(F)[C](F)F. The summed E-state index contributed by atoms with van der Waals surface area (Å²) in [5.74, 6) is -4.30. The lowest BCUT2D eigenvalue weighted by molar-refractivity contribution is -0.100. The van der Waals surface area contributed by atoms with E-state index in [2.05, 4.69) is 0 Å². The molecule has 0 aliphatic carbocycles. The summed E-state index contributed by atoms with van der Waals surface area (Å²) in [5, 5.41) is 0. The van der Waals surface area contributed by atoms with Crippen LogP contribution in [0.4, 0.5) is 26.3 Å². The monoisotopic (exact) mass is 179 g/mol. The van der Waals surface area contributed by atoms with Crippen LogP contribution in [0.1, 0.15) is 6.42 Å². The zero-order valence-electron chi connectivity index (χ0n) is 5.26. The summed E-state index contributed by atoms with van der Waals surface area (Å²) in [6, 6.07) is 0. The summed E-state index contributed by atoms with van der Waals surface area (Å²) in [6.07, 6.45) is -8.20. The molecule has 0 aliphatic heterocycles. The van der Waals surface area contributed by atoms with E-state index in [9.17, 15) is 26.3 Å². The summed E-state index contributed by atoms with van der Waals surface area (Å²) < 4.78 is 69.3. The van der Waals surface area contributed by atoms with Crippen molar-refractivity contribution in [3.63, 3.8) is 0 Å². The van der Waals surface area contributed by atoms with Crippen LogP contribution in [0, 0.1) is 6.43 Å². The van der Waals surface area contributed by atoms with Crippen LogP contribution in [0.15, 0.2) is 0 Å². The predicted molar refractivity (Wildman–Crippen MR) is 25.9 cm³/mol. The molecule has 0 saturated heterocycles. The van der Waals surface area contributed by atoms with E-state index in [1.54, 1.807) is 0 Å². The molecule has 67 valence electrons. The first-order chi connectivity index (χ1) is 4.91. The van der Waals surface area contributed by atoms with E-state index in [0.29, 0.717) is 0 Å². The molecule has 0 rings (SSSR count). The standard InChI is InChI=1S/C5H5F6/c6-2-1-5(10,11)3(7)4(8)9/h3H,1-2H2. The van der Waals surface area contributed by atoms with E-state index in [4.69, 9.17) is 0 Å². The molecule has 0 fully saturated rings. The third-order valence-electron chi connectivity index (χ3n) is 0.990. The smallest absolute Gasteiger partial charge is 0.251 e. The molecule has 0 amide bonds. The maximum absolute atomic E-state index is 12.0. The second-order valence-electron chi connectivity index (χ2n) is 1.85. The van der Waals surface area contributed by atoms with Gasteiger partial charge in [-0.15, -0.1) is 0 Å². The highest BCUT2D eigenvalue weighted by molar-refractivity contribution is 4.87. The first-order valence-corrected chi connectivity index (χ1v) is 2.67. The van der Waals surface area contributed by atoms with Crippen molar-refractivity contribution in [1.82, 2.24) is 0 Å². The highest BCUT2D eigenvalue weighted by Crippen LogP contribution is 2.32. The number of alkyl halides is 4. The minimum Gasteiger partial charge on any atom is -0.251 e. The molecule has 0 aromatic heterocycles. The average molecular weight is 179 g/mol. The quantitative estimate of drug-likeness (QED) is 0.582. The van der Waals surface area contributed by atoms with Crippen LogP contribution in [0.25, 0.3) is 0 Å². The van der Waals surface area contributed by atoms with Gasteiger partial charge in [0, 0.05) is 6.42 Å². The van der Waals surface area contributed by atoms with Gasteiger partial charge in [-0.25, -0.2) is 13.2 Å². The Labute approximate surface area is 59.2 Å². The summed E-state index contributed by atoms with van der Waals surface area (Å²) >= 11 is 0. The van der Waals surface area contributed by atoms with Crippen molar-refractivity contribution in [2.75, 3.05) is 6.67 Å². The number of rotatable bonds is 4. The molecular weight excluding hydrogens is 174 g/mol. The number of hydrogen-bond donors (Lipinski definition) is 0. The highest BCUT2D eigenvalue weighted by atomic mass is 19.3. The predicted octanol–water partition coefficient (Wildman–Crippen LogP) is 2.75. The molecule has 0 spiro atoms. The molecule has 1 radical (unpaired) electrons. The Morgan fingerprint density at radius 3 is 2.00 bits per heavy atom. The Morgan fingerprint density at radius 1 is 1.27 bits per heavy atom. The van der Waals surface area contributed by atoms with Gasteiger partial charge in [-0.3, -0.25) is 4.39 Å². The zero-order chi connectivity index (χ0) is 9.07. The van der Waals surface area contributed by atoms with Gasteiger partial charge in [0.1, 0.15) is 0 Å². The molecule has 0 saturated carbocycles. The summed E-state index contributed by atoms with van der Waals surface area (Å²) in [4.78, 5) is 0. The third kappa shape index (κ3) is 2.98. The molecule has 1 atom stereocenters. The van der Waals surface area contributed by atoms with Gasteiger partial charge in [0.2, 0.25) is 6.17 Å². The molecule has 0 aromatic carbocycles. The van der Waals surface area contributed by atoms with Gasteiger partial charge < -0.3 is 0 Å². The lowest BCUT2D eigenvalue weighted by Gasteiger charge is -2.16. The van der Waals surface area contributed by atoms with Crippen molar-refractivity contribution in [2.45, 2.75) is 18.5 Å². The molecule has 6 heteroatoms. The van der Waals surface area contributed by atoms with Gasteiger partial charge in [0.05, 0.1) is 6.67 Å². The summed E-state index contributed by atoms with van der Waals surface area (Å²) in [6.45, 7) is -1.53. The topological polar surface area (TPSA) is 0 Å². The van der Waals surface area contributed by atoms with Gasteiger partial charge in [0.25, 0.3) is 5.92 Å². The van der Waals surface area contributed by atoms with Crippen LogP contribution in [-0.4, -0.2) is 18.8 Å². The minimum absolute atomic E-state index is 1.52. The van der Waals surface area contributed by atoms with Crippen molar-refractivity contribution in [2.24, 2.45) is 0 Å². The fourth-order valence-corrected chi connectivity index (χ4v) is 0.412. The first kappa shape index (κ1) is 10.6. The third-order valence-corrected chi connectivity index (χ3v) is 0.990. The first-order valence-electron chi connectivity index (χ1n) is 2.67. The molecule has 0 bridgehead atoms. The number of halogens is 6. The Balaban J connectivity index is 4.05. The molecule has 11 heavy (non-hydrogen) atoms. The van der Waals surface area contributed by atoms with E-state index in [1.165, 1.54) is 0 Å². The molecule has 0 aromatic rings. The maximum Gasteiger partial charge on any atom is 0.349 e. The fraction of sp³-hybridized carbons (Fsp3) is 0.800. The molecule has 0 aliphatic rings. The Hall–Kier alpha value is -0.420. The zero-order valence-corrected chi connectivity index (χ0v) is 5.26. The summed E-state index contributed by atoms with van der Waals surface area (Å²) in [7, 11) is 0. The fourth-order valence-electron chi connectivity index (χ4n) is 0.412. The Bertz CT molecular complexity index is 112. The normalized spacial score (nSPS) is 15.5. The second kappa shape index (κ2) is 3.82. The van der Waals surface area contributed by atoms with Crippen molar-refractivity contribution in [3.05, 3.63) is 6.43 Å². The van der Waals surface area contributed by atoms with Crippen molar-refractivity contribution >= 4 is 0 Å². The molecule has 0 N–H and O–H groups in total. The molecule has 0 nitrogen and oxygen atoms in total. The van der Waals surface area contributed by atoms with Crippen LogP contribution >= 0.6 is 0 Å². The lowest BCUT2D eigenvalue weighted by Crippen LogP contribution is -2.32. The molecular formula is C5H5F6. The van der Waals surface area contributed by atoms with Crippen LogP contribution in [0.3, 0.4) is 0 Å². The van der Waals surface area contributed by atoms with Crippen molar-refractivity contribution in [1.29, 1.82) is 0 Å². The van der Waals surface area contributed by atoms with Crippen molar-refractivity contribution < 1.29 is 26.3 Å². The van der Waals surface area contributed by atoms with Gasteiger partial charge in [-0.2, -0.15) is 8.78 Å². The van der Waals surface area contributed by atoms with Crippen LogP contribution in [-0.2, 0) is 0 Å². The van der Waals surface area contributed by atoms with Crippen LogP contribution in [0.2, 0.25) is 0 Å². The average Bonchev–Trinajstić information content (AvgIpc) is 1.86. The van der Waals surface area contributed by atoms with Gasteiger partial charge in [-0.1, -0.05) is 0 Å². The molecule has 0 heterocycles. The number of hydrogen-bond acceptors (Lipinski definition) is 0. The highest BCUT2D eigenvalue weighted by Gasteiger charge is 2.46. The summed E-state index contributed by atoms with van der Waals surface area (Å²) in [5.41, 5.74) is 0. The van der Waals surface area contributed by atoms with E-state index in [1.807, 2.05) is 0 Å². The van der Waals surface area contributed by atoms with E-state index < -0.39 is 31.6 Å². The molecule has 1 unspecified atom stereocenters. The largest absolute Gasteiger partial charge is 0.349 e. The van der Waals surface area contributed by atoms with Gasteiger partial charge in [-0.05, 0) is 0 Å². The van der Waals surface area contributed by atoms with Crippen molar-refractivity contribution in [3.8, 4) is 0 Å². The van der Waals surface area contributed by atoms with Gasteiger partial charge >= 0.3 is 6.43 Å². The Kier molecular flexibility index (Phi) is 3.68. The Morgan fingerprint density at radius 2 is 1.73 bits per heavy atom. The van der Waals surface area contributed by atoms with Crippen LogP contribution in [0.5, 0.6) is 0 Å². The van der Waals surface area contributed by atoms with Crippen LogP contribution < -0.4 is 0 Å².